The van der Waals surface area contributed by atoms with E-state index in [4.69, 9.17) is 4.74 Å². The molecule has 1 aliphatic rings. The zero-order chi connectivity index (χ0) is 16.9. The molecule has 5 heteroatoms. The smallest absolute Gasteiger partial charge is 0.220 e. The van der Waals surface area contributed by atoms with Crippen molar-refractivity contribution in [2.24, 2.45) is 5.92 Å². The van der Waals surface area contributed by atoms with Gasteiger partial charge in [0.15, 0.2) is 5.82 Å². The summed E-state index contributed by atoms with van der Waals surface area (Å²) in [6.07, 6.45) is 5.79. The molecule has 1 aliphatic heterocycles. The van der Waals surface area contributed by atoms with Gasteiger partial charge in [-0.15, -0.1) is 0 Å². The van der Waals surface area contributed by atoms with E-state index in [1.165, 1.54) is 0 Å². The lowest BCUT2D eigenvalue weighted by Crippen LogP contribution is -2.35. The van der Waals surface area contributed by atoms with Gasteiger partial charge in [0, 0.05) is 25.2 Å². The van der Waals surface area contributed by atoms with Gasteiger partial charge in [-0.2, -0.15) is 0 Å². The number of aromatic nitrogens is 2. The molecule has 1 amide bonds. The Morgan fingerprint density at radius 3 is 2.88 bits per heavy atom. The predicted octanol–water partition coefficient (Wildman–Crippen LogP) is 3.00. The molecule has 1 N–H and O–H groups in total. The summed E-state index contributed by atoms with van der Waals surface area (Å²) in [6, 6.07) is 7.82. The highest BCUT2D eigenvalue weighted by molar-refractivity contribution is 5.76. The van der Waals surface area contributed by atoms with Gasteiger partial charge >= 0.3 is 0 Å². The Morgan fingerprint density at radius 1 is 1.33 bits per heavy atom. The molecule has 0 aliphatic carbocycles. The molecule has 0 fully saturated rings. The number of ether oxygens (including phenoxy) is 1. The van der Waals surface area contributed by atoms with Crippen molar-refractivity contribution >= 4 is 5.91 Å². The lowest BCUT2D eigenvalue weighted by atomic mass is 10.0. The van der Waals surface area contributed by atoms with E-state index >= 15 is 0 Å². The lowest BCUT2D eigenvalue weighted by molar-refractivity contribution is -0.122. The molecule has 3 rings (SSSR count). The Morgan fingerprint density at radius 2 is 2.12 bits per heavy atom. The van der Waals surface area contributed by atoms with Crippen molar-refractivity contribution < 1.29 is 9.53 Å². The first-order valence-electron chi connectivity index (χ1n) is 8.50. The van der Waals surface area contributed by atoms with Gasteiger partial charge in [-0.3, -0.25) is 4.79 Å². The summed E-state index contributed by atoms with van der Waals surface area (Å²) in [6.45, 7) is 4.72. The van der Waals surface area contributed by atoms with Crippen LogP contribution in [0.25, 0.3) is 11.4 Å². The fraction of sp³-hybridized carbons (Fsp3) is 0.421. The van der Waals surface area contributed by atoms with Crippen molar-refractivity contribution in [1.82, 2.24) is 15.3 Å². The van der Waals surface area contributed by atoms with Crippen LogP contribution in [-0.4, -0.2) is 28.5 Å². The van der Waals surface area contributed by atoms with Crippen LogP contribution >= 0.6 is 0 Å². The van der Waals surface area contributed by atoms with Crippen molar-refractivity contribution in [3.05, 3.63) is 42.2 Å². The number of carbonyl (C=O) groups excluding carboxylic acids is 1. The lowest BCUT2D eigenvalue weighted by Gasteiger charge is -2.14. The largest absolute Gasteiger partial charge is 0.487 e. The van der Waals surface area contributed by atoms with Crippen LogP contribution in [0.5, 0.6) is 5.75 Å². The number of hydrogen-bond acceptors (Lipinski definition) is 4. The zero-order valence-corrected chi connectivity index (χ0v) is 14.2. The second-order valence-corrected chi connectivity index (χ2v) is 6.33. The molecule has 126 valence electrons. The molecule has 0 spiro atoms. The number of nitrogens with zero attached hydrogens (tertiary/aromatic N) is 2. The second-order valence-electron chi connectivity index (χ2n) is 6.33. The van der Waals surface area contributed by atoms with E-state index in [1.807, 2.05) is 12.1 Å². The minimum Gasteiger partial charge on any atom is -0.487 e. The third kappa shape index (κ3) is 3.72. The van der Waals surface area contributed by atoms with Gasteiger partial charge in [0.1, 0.15) is 11.9 Å². The minimum absolute atomic E-state index is 0.0363. The molecule has 1 aromatic heterocycles. The van der Waals surface area contributed by atoms with E-state index in [-0.39, 0.29) is 12.0 Å². The molecule has 2 aromatic rings. The van der Waals surface area contributed by atoms with Gasteiger partial charge in [-0.05, 0) is 23.6 Å². The maximum Gasteiger partial charge on any atom is 0.220 e. The molecular weight excluding hydrogens is 302 g/mol. The van der Waals surface area contributed by atoms with Gasteiger partial charge < -0.3 is 10.1 Å². The van der Waals surface area contributed by atoms with E-state index in [1.54, 1.807) is 18.5 Å². The van der Waals surface area contributed by atoms with Crippen LogP contribution in [0.2, 0.25) is 0 Å². The van der Waals surface area contributed by atoms with Crippen LogP contribution in [0.15, 0.2) is 36.7 Å². The standard InChI is InChI=1S/C19H23N3O2/c1-3-13(2)10-17(23)22-12-15-11-14-6-4-7-16(18(14)24-15)19-20-8-5-9-21-19/h4-9,13,15H,3,10-12H2,1-2H3,(H,22,23)/t13-,15+/m1/s1. The Hall–Kier alpha value is -2.43. The van der Waals surface area contributed by atoms with Crippen molar-refractivity contribution in [1.29, 1.82) is 0 Å². The molecule has 24 heavy (non-hydrogen) atoms. The summed E-state index contributed by atoms with van der Waals surface area (Å²) >= 11 is 0. The molecule has 5 nitrogen and oxygen atoms in total. The first-order valence-corrected chi connectivity index (χ1v) is 8.50. The van der Waals surface area contributed by atoms with Crippen molar-refractivity contribution in [2.45, 2.75) is 39.2 Å². The number of para-hydroxylation sites is 1. The Balaban J connectivity index is 1.64. The van der Waals surface area contributed by atoms with Gasteiger partial charge in [0.05, 0.1) is 12.1 Å². The third-order valence-electron chi connectivity index (χ3n) is 4.39. The number of nitrogens with one attached hydrogen (secondary N) is 1. The quantitative estimate of drug-likeness (QED) is 0.887. The van der Waals surface area contributed by atoms with Crippen LogP contribution in [0.1, 0.15) is 32.3 Å². The maximum absolute atomic E-state index is 11.9. The average molecular weight is 325 g/mol. The second kappa shape index (κ2) is 7.43. The van der Waals surface area contributed by atoms with Gasteiger partial charge in [-0.25, -0.2) is 9.97 Å². The number of benzene rings is 1. The molecule has 1 aromatic carbocycles. The van der Waals surface area contributed by atoms with Crippen LogP contribution in [0, 0.1) is 5.92 Å². The third-order valence-corrected chi connectivity index (χ3v) is 4.39. The van der Waals surface area contributed by atoms with E-state index in [2.05, 4.69) is 35.2 Å². The van der Waals surface area contributed by atoms with Crippen molar-refractivity contribution in [3.8, 4) is 17.1 Å². The number of fused-ring (bicyclic) bond motifs is 1. The van der Waals surface area contributed by atoms with Crippen molar-refractivity contribution in [3.63, 3.8) is 0 Å². The predicted molar refractivity (Wildman–Crippen MR) is 92.7 cm³/mol. The average Bonchev–Trinajstić information content (AvgIpc) is 3.03. The molecule has 0 saturated heterocycles. The summed E-state index contributed by atoms with van der Waals surface area (Å²) in [5, 5.41) is 2.99. The molecule has 0 bridgehead atoms. The van der Waals surface area contributed by atoms with E-state index in [0.717, 1.165) is 29.7 Å². The summed E-state index contributed by atoms with van der Waals surface area (Å²) in [7, 11) is 0. The Kier molecular flexibility index (Phi) is 5.08. The summed E-state index contributed by atoms with van der Waals surface area (Å²) in [4.78, 5) is 20.6. The first-order chi connectivity index (χ1) is 11.7. The normalized spacial score (nSPS) is 17.0. The van der Waals surface area contributed by atoms with Gasteiger partial charge in [0.25, 0.3) is 0 Å². The van der Waals surface area contributed by atoms with Gasteiger partial charge in [-0.1, -0.05) is 32.4 Å². The number of amides is 1. The fourth-order valence-electron chi connectivity index (χ4n) is 2.83. The summed E-state index contributed by atoms with van der Waals surface area (Å²) < 4.78 is 6.08. The highest BCUT2D eigenvalue weighted by Crippen LogP contribution is 2.37. The fourth-order valence-corrected chi connectivity index (χ4v) is 2.83. The molecule has 2 heterocycles. The van der Waals surface area contributed by atoms with Crippen LogP contribution < -0.4 is 10.1 Å². The summed E-state index contributed by atoms with van der Waals surface area (Å²) in [5.41, 5.74) is 2.04. The number of carbonyl (C=O) groups is 1. The molecular formula is C19H23N3O2. The SMILES string of the molecule is CC[C@@H](C)CC(=O)NC[C@@H]1Cc2cccc(-c3ncccn3)c2O1. The van der Waals surface area contributed by atoms with Crippen LogP contribution in [0.3, 0.4) is 0 Å². The summed E-state index contributed by atoms with van der Waals surface area (Å²) in [5.74, 6) is 2.00. The monoisotopic (exact) mass is 325 g/mol. The van der Waals surface area contributed by atoms with E-state index < -0.39 is 0 Å². The van der Waals surface area contributed by atoms with E-state index in [9.17, 15) is 4.79 Å². The van der Waals surface area contributed by atoms with Gasteiger partial charge in [0.2, 0.25) is 5.91 Å². The number of hydrogen-bond donors (Lipinski definition) is 1. The minimum atomic E-state index is -0.0363. The maximum atomic E-state index is 11.9. The first kappa shape index (κ1) is 16.4. The topological polar surface area (TPSA) is 64.1 Å². The Bertz CT molecular complexity index is 703. The van der Waals surface area contributed by atoms with Crippen LogP contribution in [-0.2, 0) is 11.2 Å². The van der Waals surface area contributed by atoms with Crippen LogP contribution in [0.4, 0.5) is 0 Å². The zero-order valence-electron chi connectivity index (χ0n) is 14.2. The van der Waals surface area contributed by atoms with E-state index in [0.29, 0.717) is 24.7 Å². The molecule has 0 radical (unpaired) electrons. The molecule has 2 atom stereocenters. The van der Waals surface area contributed by atoms with Crippen molar-refractivity contribution in [2.75, 3.05) is 6.54 Å². The molecule has 0 unspecified atom stereocenters. The molecule has 0 saturated carbocycles. The highest BCUT2D eigenvalue weighted by atomic mass is 16.5. The Labute approximate surface area is 142 Å². The number of rotatable bonds is 6. The highest BCUT2D eigenvalue weighted by Gasteiger charge is 2.26.